The minimum absolute atomic E-state index is 0.127. The summed E-state index contributed by atoms with van der Waals surface area (Å²) in [5.74, 6) is 4.81. The van der Waals surface area contributed by atoms with Crippen LogP contribution in [-0.2, 0) is 6.18 Å². The third-order valence-corrected chi connectivity index (χ3v) is 2.06. The number of nitrogen functional groups attached to an aromatic ring is 1. The lowest BCUT2D eigenvalue weighted by Crippen LogP contribution is -2.14. The van der Waals surface area contributed by atoms with Gasteiger partial charge in [0.2, 0.25) is 0 Å². The number of nitrogens with zero attached hydrogens (tertiary/aromatic N) is 3. The molecule has 0 bridgehead atoms. The van der Waals surface area contributed by atoms with Gasteiger partial charge in [-0.1, -0.05) is 6.07 Å². The van der Waals surface area contributed by atoms with Gasteiger partial charge in [0.1, 0.15) is 11.5 Å². The number of rotatable bonds is 2. The van der Waals surface area contributed by atoms with Crippen molar-refractivity contribution in [1.82, 2.24) is 15.0 Å². The smallest absolute Gasteiger partial charge is 0.308 e. The van der Waals surface area contributed by atoms with Gasteiger partial charge < -0.3 is 5.43 Å². The third kappa shape index (κ3) is 2.54. The van der Waals surface area contributed by atoms with Crippen molar-refractivity contribution >= 4 is 5.82 Å². The zero-order valence-corrected chi connectivity index (χ0v) is 8.94. The molecule has 0 atom stereocenters. The van der Waals surface area contributed by atoms with E-state index >= 15 is 0 Å². The van der Waals surface area contributed by atoms with E-state index in [1.165, 1.54) is 12.3 Å². The molecule has 2 aromatic rings. The molecule has 0 aliphatic heterocycles. The molecule has 18 heavy (non-hydrogen) atoms. The second-order valence-electron chi connectivity index (χ2n) is 3.32. The molecule has 0 spiro atoms. The molecule has 2 aromatic heterocycles. The maximum absolute atomic E-state index is 12.6. The van der Waals surface area contributed by atoms with Crippen molar-refractivity contribution in [3.8, 4) is 11.5 Å². The predicted octanol–water partition coefficient (Wildman–Crippen LogP) is 1.84. The summed E-state index contributed by atoms with van der Waals surface area (Å²) in [7, 11) is 0. The summed E-state index contributed by atoms with van der Waals surface area (Å²) in [6.45, 7) is 0. The SMILES string of the molecule is NNc1cc(C(F)(F)F)nc(-c2ccccn2)n1. The van der Waals surface area contributed by atoms with Crippen molar-refractivity contribution in [2.24, 2.45) is 5.84 Å². The number of nitrogens with one attached hydrogen (secondary N) is 1. The summed E-state index contributed by atoms with van der Waals surface area (Å²) in [5, 5.41) is 0. The average molecular weight is 255 g/mol. The number of nitrogens with two attached hydrogens (primary N) is 1. The van der Waals surface area contributed by atoms with Crippen LogP contribution in [0, 0.1) is 0 Å². The Kier molecular flexibility index (Phi) is 3.11. The minimum Gasteiger partial charge on any atom is -0.308 e. The van der Waals surface area contributed by atoms with Gasteiger partial charge in [-0.15, -0.1) is 0 Å². The van der Waals surface area contributed by atoms with Crippen LogP contribution in [0.1, 0.15) is 5.69 Å². The highest BCUT2D eigenvalue weighted by molar-refractivity contribution is 5.52. The van der Waals surface area contributed by atoms with E-state index in [-0.39, 0.29) is 17.3 Å². The Labute approximate surface area is 99.9 Å². The summed E-state index contributed by atoms with van der Waals surface area (Å²) in [4.78, 5) is 11.1. The molecule has 3 N–H and O–H groups in total. The molecule has 0 saturated heterocycles. The van der Waals surface area contributed by atoms with Gasteiger partial charge in [0.25, 0.3) is 0 Å². The van der Waals surface area contributed by atoms with Crippen molar-refractivity contribution in [2.45, 2.75) is 6.18 Å². The second kappa shape index (κ2) is 4.57. The lowest BCUT2D eigenvalue weighted by Gasteiger charge is -2.09. The van der Waals surface area contributed by atoms with Crippen molar-refractivity contribution < 1.29 is 13.2 Å². The molecule has 0 aromatic carbocycles. The van der Waals surface area contributed by atoms with Gasteiger partial charge >= 0.3 is 6.18 Å². The van der Waals surface area contributed by atoms with Crippen LogP contribution in [0.15, 0.2) is 30.5 Å². The van der Waals surface area contributed by atoms with Crippen molar-refractivity contribution in [1.29, 1.82) is 0 Å². The largest absolute Gasteiger partial charge is 0.433 e. The standard InChI is InChI=1S/C10H8F3N5/c11-10(12,13)7-5-8(18-14)17-9(16-7)6-3-1-2-4-15-6/h1-5H,14H2,(H,16,17,18). The quantitative estimate of drug-likeness (QED) is 0.632. The number of halogens is 3. The fourth-order valence-corrected chi connectivity index (χ4v) is 1.28. The lowest BCUT2D eigenvalue weighted by atomic mass is 10.3. The van der Waals surface area contributed by atoms with Gasteiger partial charge in [0.15, 0.2) is 11.5 Å². The number of hydrazine groups is 1. The first-order valence-electron chi connectivity index (χ1n) is 4.85. The van der Waals surface area contributed by atoms with Crippen LogP contribution in [0.4, 0.5) is 19.0 Å². The van der Waals surface area contributed by atoms with Gasteiger partial charge in [-0.3, -0.25) is 4.98 Å². The fraction of sp³-hybridized carbons (Fsp3) is 0.100. The zero-order chi connectivity index (χ0) is 13.2. The molecule has 0 unspecified atom stereocenters. The van der Waals surface area contributed by atoms with E-state index in [1.54, 1.807) is 12.1 Å². The highest BCUT2D eigenvalue weighted by Crippen LogP contribution is 2.30. The fourth-order valence-electron chi connectivity index (χ4n) is 1.28. The van der Waals surface area contributed by atoms with Crippen molar-refractivity contribution in [3.63, 3.8) is 0 Å². The van der Waals surface area contributed by atoms with Crippen LogP contribution in [-0.4, -0.2) is 15.0 Å². The normalized spacial score (nSPS) is 11.3. The highest BCUT2D eigenvalue weighted by atomic mass is 19.4. The summed E-state index contributed by atoms with van der Waals surface area (Å²) >= 11 is 0. The Balaban J connectivity index is 2.55. The molecule has 0 amide bonds. The van der Waals surface area contributed by atoms with Crippen LogP contribution in [0.2, 0.25) is 0 Å². The van der Waals surface area contributed by atoms with Crippen LogP contribution in [0.5, 0.6) is 0 Å². The van der Waals surface area contributed by atoms with E-state index in [9.17, 15) is 13.2 Å². The molecule has 0 fully saturated rings. The van der Waals surface area contributed by atoms with Crippen LogP contribution in [0.25, 0.3) is 11.5 Å². The van der Waals surface area contributed by atoms with Crippen LogP contribution < -0.4 is 11.3 Å². The van der Waals surface area contributed by atoms with E-state index in [0.717, 1.165) is 6.07 Å². The predicted molar refractivity (Wildman–Crippen MR) is 58.1 cm³/mol. The molecule has 0 aliphatic rings. The van der Waals surface area contributed by atoms with E-state index < -0.39 is 11.9 Å². The number of hydrogen-bond donors (Lipinski definition) is 2. The molecule has 0 saturated carbocycles. The van der Waals surface area contributed by atoms with E-state index in [4.69, 9.17) is 5.84 Å². The number of alkyl halides is 3. The molecular weight excluding hydrogens is 247 g/mol. The number of pyridine rings is 1. The molecule has 2 rings (SSSR count). The van der Waals surface area contributed by atoms with Crippen LogP contribution in [0.3, 0.4) is 0 Å². The maximum Gasteiger partial charge on any atom is 0.433 e. The highest BCUT2D eigenvalue weighted by Gasteiger charge is 2.33. The van der Waals surface area contributed by atoms with Crippen LogP contribution >= 0.6 is 0 Å². The summed E-state index contributed by atoms with van der Waals surface area (Å²) < 4.78 is 37.9. The van der Waals surface area contributed by atoms with Gasteiger partial charge in [-0.25, -0.2) is 15.8 Å². The summed E-state index contributed by atoms with van der Waals surface area (Å²) in [6.07, 6.45) is -3.13. The molecule has 0 radical (unpaired) electrons. The monoisotopic (exact) mass is 255 g/mol. The average Bonchev–Trinajstić information content (AvgIpc) is 2.38. The second-order valence-corrected chi connectivity index (χ2v) is 3.32. The topological polar surface area (TPSA) is 76.7 Å². The molecule has 0 aliphatic carbocycles. The summed E-state index contributed by atoms with van der Waals surface area (Å²) in [6, 6.07) is 5.50. The Hall–Kier alpha value is -2.22. The Morgan fingerprint density at radius 3 is 2.50 bits per heavy atom. The van der Waals surface area contributed by atoms with Crippen molar-refractivity contribution in [3.05, 3.63) is 36.2 Å². The molecular formula is C10H8F3N5. The Morgan fingerprint density at radius 1 is 1.17 bits per heavy atom. The van der Waals surface area contributed by atoms with Gasteiger partial charge in [0, 0.05) is 12.3 Å². The summed E-state index contributed by atoms with van der Waals surface area (Å²) in [5.41, 5.74) is 1.23. The minimum atomic E-state index is -4.57. The number of anilines is 1. The van der Waals surface area contributed by atoms with Gasteiger partial charge in [-0.2, -0.15) is 13.2 Å². The van der Waals surface area contributed by atoms with Crippen molar-refractivity contribution in [2.75, 3.05) is 5.43 Å². The van der Waals surface area contributed by atoms with Gasteiger partial charge in [-0.05, 0) is 12.1 Å². The van der Waals surface area contributed by atoms with Gasteiger partial charge in [0.05, 0.1) is 0 Å². The first-order chi connectivity index (χ1) is 8.50. The first kappa shape index (κ1) is 12.2. The maximum atomic E-state index is 12.6. The molecule has 94 valence electrons. The van der Waals surface area contributed by atoms with E-state index in [0.29, 0.717) is 0 Å². The number of aromatic nitrogens is 3. The van der Waals surface area contributed by atoms with E-state index in [1.807, 2.05) is 0 Å². The van der Waals surface area contributed by atoms with E-state index in [2.05, 4.69) is 20.4 Å². The molecule has 2 heterocycles. The lowest BCUT2D eigenvalue weighted by molar-refractivity contribution is -0.141. The molecule has 8 heteroatoms. The zero-order valence-electron chi connectivity index (χ0n) is 8.94. The molecule has 5 nitrogen and oxygen atoms in total. The first-order valence-corrected chi connectivity index (χ1v) is 4.85. The number of hydrogen-bond acceptors (Lipinski definition) is 5. The Bertz CT molecular complexity index is 541. The Morgan fingerprint density at radius 2 is 1.94 bits per heavy atom. The third-order valence-electron chi connectivity index (χ3n) is 2.06.